The molecule has 14 heavy (non-hydrogen) atoms. The van der Waals surface area contributed by atoms with Crippen molar-refractivity contribution in [3.05, 3.63) is 34.9 Å². The molecule has 0 saturated carbocycles. The smallest absolute Gasteiger partial charge is 0.0322 e. The molecule has 1 N–H and O–H groups in total. The van der Waals surface area contributed by atoms with Crippen LogP contribution < -0.4 is 5.32 Å². The van der Waals surface area contributed by atoms with Gasteiger partial charge in [0.15, 0.2) is 0 Å². The van der Waals surface area contributed by atoms with Crippen LogP contribution in [-0.4, -0.2) is 6.54 Å². The lowest BCUT2D eigenvalue weighted by atomic mass is 9.93. The summed E-state index contributed by atoms with van der Waals surface area (Å²) < 4.78 is 0. The van der Waals surface area contributed by atoms with Gasteiger partial charge in [-0.15, -0.1) is 0 Å². The van der Waals surface area contributed by atoms with Gasteiger partial charge in [-0.2, -0.15) is 0 Å². The highest BCUT2D eigenvalue weighted by Crippen LogP contribution is 2.25. The second-order valence-corrected chi connectivity index (χ2v) is 4.36. The SMILES string of the molecule is Cc1ccc([C@@H]2CCCCN2)c(C)c1. The minimum absolute atomic E-state index is 0.601. The van der Waals surface area contributed by atoms with Crippen molar-refractivity contribution >= 4 is 0 Å². The van der Waals surface area contributed by atoms with Gasteiger partial charge in [0.2, 0.25) is 0 Å². The summed E-state index contributed by atoms with van der Waals surface area (Å²) in [6, 6.07) is 7.39. The molecule has 76 valence electrons. The highest BCUT2D eigenvalue weighted by Gasteiger charge is 2.15. The Morgan fingerprint density at radius 3 is 2.71 bits per heavy atom. The largest absolute Gasteiger partial charge is 0.310 e. The summed E-state index contributed by atoms with van der Waals surface area (Å²) in [7, 11) is 0. The molecule has 0 aromatic heterocycles. The van der Waals surface area contributed by atoms with Crippen LogP contribution in [0.5, 0.6) is 0 Å². The van der Waals surface area contributed by atoms with Crippen molar-refractivity contribution in [1.29, 1.82) is 0 Å². The number of hydrogen-bond acceptors (Lipinski definition) is 1. The minimum Gasteiger partial charge on any atom is -0.310 e. The van der Waals surface area contributed by atoms with Gasteiger partial charge in [-0.1, -0.05) is 30.2 Å². The van der Waals surface area contributed by atoms with Gasteiger partial charge in [-0.05, 0) is 44.4 Å². The molecular formula is C13H19N. The van der Waals surface area contributed by atoms with E-state index in [2.05, 4.69) is 37.4 Å². The molecule has 1 aromatic rings. The Kier molecular flexibility index (Phi) is 2.87. The quantitative estimate of drug-likeness (QED) is 0.715. The molecule has 1 nitrogen and oxygen atoms in total. The van der Waals surface area contributed by atoms with Crippen LogP contribution in [0.2, 0.25) is 0 Å². The zero-order valence-electron chi connectivity index (χ0n) is 9.14. The summed E-state index contributed by atoms with van der Waals surface area (Å²) in [5.41, 5.74) is 4.29. The molecule has 1 atom stereocenters. The normalized spacial score (nSPS) is 22.3. The minimum atomic E-state index is 0.601. The molecule has 0 radical (unpaired) electrons. The summed E-state index contributed by atoms with van der Waals surface area (Å²) in [6.07, 6.45) is 4.00. The summed E-state index contributed by atoms with van der Waals surface area (Å²) in [5, 5.41) is 3.60. The lowest BCUT2D eigenvalue weighted by molar-refractivity contribution is 0.411. The standard InChI is InChI=1S/C13H19N/c1-10-6-7-12(11(2)9-10)13-5-3-4-8-14-13/h6-7,9,13-14H,3-5,8H2,1-2H3/t13-/m0/s1. The van der Waals surface area contributed by atoms with Crippen molar-refractivity contribution in [2.75, 3.05) is 6.54 Å². The maximum Gasteiger partial charge on any atom is 0.0322 e. The highest BCUT2D eigenvalue weighted by atomic mass is 14.9. The molecule has 1 aliphatic rings. The summed E-state index contributed by atoms with van der Waals surface area (Å²) in [6.45, 7) is 5.56. The fourth-order valence-corrected chi connectivity index (χ4v) is 2.33. The predicted molar refractivity (Wildman–Crippen MR) is 60.5 cm³/mol. The Morgan fingerprint density at radius 2 is 2.07 bits per heavy atom. The molecule has 0 aliphatic carbocycles. The van der Waals surface area contributed by atoms with Crippen LogP contribution >= 0.6 is 0 Å². The number of aryl methyl sites for hydroxylation is 2. The van der Waals surface area contributed by atoms with Crippen LogP contribution in [0.4, 0.5) is 0 Å². The summed E-state index contributed by atoms with van der Waals surface area (Å²) in [4.78, 5) is 0. The molecule has 1 aromatic carbocycles. The zero-order chi connectivity index (χ0) is 9.97. The van der Waals surface area contributed by atoms with Crippen LogP contribution in [-0.2, 0) is 0 Å². The van der Waals surface area contributed by atoms with E-state index in [4.69, 9.17) is 0 Å². The first-order valence-corrected chi connectivity index (χ1v) is 5.58. The molecule has 0 bridgehead atoms. The van der Waals surface area contributed by atoms with Crippen LogP contribution in [0.3, 0.4) is 0 Å². The average Bonchev–Trinajstić information content (AvgIpc) is 2.19. The van der Waals surface area contributed by atoms with Crippen LogP contribution in [0, 0.1) is 13.8 Å². The van der Waals surface area contributed by atoms with E-state index in [1.54, 1.807) is 0 Å². The maximum atomic E-state index is 3.60. The first kappa shape index (κ1) is 9.72. The second-order valence-electron chi connectivity index (χ2n) is 4.36. The van der Waals surface area contributed by atoms with Crippen molar-refractivity contribution < 1.29 is 0 Å². The Hall–Kier alpha value is -0.820. The monoisotopic (exact) mass is 189 g/mol. The second kappa shape index (κ2) is 4.14. The van der Waals surface area contributed by atoms with Crippen molar-refractivity contribution in [2.45, 2.75) is 39.2 Å². The number of hydrogen-bond donors (Lipinski definition) is 1. The van der Waals surface area contributed by atoms with Crippen molar-refractivity contribution in [3.8, 4) is 0 Å². The molecule has 1 heteroatoms. The molecule has 2 rings (SSSR count). The highest BCUT2D eigenvalue weighted by molar-refractivity contribution is 5.32. The molecule has 1 fully saturated rings. The van der Waals surface area contributed by atoms with E-state index >= 15 is 0 Å². The van der Waals surface area contributed by atoms with E-state index in [-0.39, 0.29) is 0 Å². The Balaban J connectivity index is 2.22. The lowest BCUT2D eigenvalue weighted by Gasteiger charge is -2.25. The third kappa shape index (κ3) is 1.98. The van der Waals surface area contributed by atoms with Crippen molar-refractivity contribution in [1.82, 2.24) is 5.32 Å². The summed E-state index contributed by atoms with van der Waals surface area (Å²) >= 11 is 0. The zero-order valence-corrected chi connectivity index (χ0v) is 9.14. The van der Waals surface area contributed by atoms with Crippen LogP contribution in [0.15, 0.2) is 18.2 Å². The van der Waals surface area contributed by atoms with Crippen LogP contribution in [0.1, 0.15) is 42.0 Å². The van der Waals surface area contributed by atoms with Crippen LogP contribution in [0.25, 0.3) is 0 Å². The third-order valence-electron chi connectivity index (χ3n) is 3.11. The van der Waals surface area contributed by atoms with E-state index in [1.165, 1.54) is 42.5 Å². The molecule has 0 spiro atoms. The van der Waals surface area contributed by atoms with Gasteiger partial charge in [0.05, 0.1) is 0 Å². The topological polar surface area (TPSA) is 12.0 Å². The fraction of sp³-hybridized carbons (Fsp3) is 0.538. The Labute approximate surface area is 86.5 Å². The van der Waals surface area contributed by atoms with E-state index in [0.29, 0.717) is 6.04 Å². The fourth-order valence-electron chi connectivity index (χ4n) is 2.33. The van der Waals surface area contributed by atoms with E-state index < -0.39 is 0 Å². The van der Waals surface area contributed by atoms with Crippen molar-refractivity contribution in [3.63, 3.8) is 0 Å². The molecule has 1 heterocycles. The van der Waals surface area contributed by atoms with Crippen molar-refractivity contribution in [2.24, 2.45) is 0 Å². The predicted octanol–water partition coefficient (Wildman–Crippen LogP) is 3.12. The van der Waals surface area contributed by atoms with Gasteiger partial charge in [0.1, 0.15) is 0 Å². The lowest BCUT2D eigenvalue weighted by Crippen LogP contribution is -2.27. The third-order valence-corrected chi connectivity index (χ3v) is 3.11. The molecule has 0 amide bonds. The van der Waals surface area contributed by atoms with Gasteiger partial charge >= 0.3 is 0 Å². The Morgan fingerprint density at radius 1 is 1.21 bits per heavy atom. The van der Waals surface area contributed by atoms with Gasteiger partial charge < -0.3 is 5.32 Å². The average molecular weight is 189 g/mol. The van der Waals surface area contributed by atoms with E-state index in [9.17, 15) is 0 Å². The number of nitrogens with one attached hydrogen (secondary N) is 1. The van der Waals surface area contributed by atoms with Gasteiger partial charge in [-0.25, -0.2) is 0 Å². The van der Waals surface area contributed by atoms with E-state index in [1.807, 2.05) is 0 Å². The number of benzene rings is 1. The molecule has 0 unspecified atom stereocenters. The summed E-state index contributed by atoms with van der Waals surface area (Å²) in [5.74, 6) is 0. The van der Waals surface area contributed by atoms with E-state index in [0.717, 1.165) is 0 Å². The van der Waals surface area contributed by atoms with Gasteiger partial charge in [0.25, 0.3) is 0 Å². The molecular weight excluding hydrogens is 170 g/mol. The first-order chi connectivity index (χ1) is 6.77. The maximum absolute atomic E-state index is 3.60. The Bertz CT molecular complexity index is 311. The number of rotatable bonds is 1. The van der Waals surface area contributed by atoms with Gasteiger partial charge in [-0.3, -0.25) is 0 Å². The number of piperidine rings is 1. The van der Waals surface area contributed by atoms with Gasteiger partial charge in [0, 0.05) is 6.04 Å². The molecule has 1 aliphatic heterocycles. The molecule has 1 saturated heterocycles. The first-order valence-electron chi connectivity index (χ1n) is 5.58.